The number of aromatic nitrogens is 4. The predicted octanol–water partition coefficient (Wildman–Crippen LogP) is 1.81. The monoisotopic (exact) mass is 239 g/mol. The largest absolute Gasteiger partial charge is 0.355 e. The average molecular weight is 240 g/mol. The van der Waals surface area contributed by atoms with Crippen molar-refractivity contribution in [1.82, 2.24) is 19.9 Å². The summed E-state index contributed by atoms with van der Waals surface area (Å²) in [7, 11) is 0. The maximum atomic E-state index is 5.71. The summed E-state index contributed by atoms with van der Waals surface area (Å²) >= 11 is 5.71. The van der Waals surface area contributed by atoms with Gasteiger partial charge in [-0.3, -0.25) is 0 Å². The van der Waals surface area contributed by atoms with Crippen LogP contribution >= 0.6 is 11.6 Å². The summed E-state index contributed by atoms with van der Waals surface area (Å²) in [5.74, 6) is 1.56. The number of hydrogen-bond acceptors (Lipinski definition) is 4. The van der Waals surface area contributed by atoms with Gasteiger partial charge in [-0.15, -0.1) is 11.6 Å². The normalized spacial score (nSPS) is 10.9. The zero-order valence-corrected chi connectivity index (χ0v) is 9.91. The minimum absolute atomic E-state index is 0.660. The van der Waals surface area contributed by atoms with Crippen LogP contribution in [0.5, 0.6) is 0 Å². The molecule has 0 saturated carbocycles. The van der Waals surface area contributed by atoms with Crippen LogP contribution in [0.2, 0.25) is 0 Å². The molecule has 0 fully saturated rings. The first-order chi connectivity index (χ1) is 7.86. The predicted molar refractivity (Wildman–Crippen MR) is 64.9 cm³/mol. The van der Waals surface area contributed by atoms with Crippen LogP contribution in [0.3, 0.4) is 0 Å². The van der Waals surface area contributed by atoms with E-state index >= 15 is 0 Å². The van der Waals surface area contributed by atoms with Gasteiger partial charge in [0.1, 0.15) is 11.8 Å². The zero-order valence-electron chi connectivity index (χ0n) is 9.15. The van der Waals surface area contributed by atoms with Crippen molar-refractivity contribution in [3.05, 3.63) is 12.7 Å². The van der Waals surface area contributed by atoms with Crippen molar-refractivity contribution in [1.29, 1.82) is 0 Å². The Morgan fingerprint density at radius 1 is 1.38 bits per heavy atom. The molecule has 1 N–H and O–H groups in total. The number of rotatable bonds is 5. The number of H-pyrrole nitrogens is 1. The van der Waals surface area contributed by atoms with E-state index in [9.17, 15) is 0 Å². The van der Waals surface area contributed by atoms with Crippen molar-refractivity contribution in [2.75, 3.05) is 23.9 Å². The molecule has 0 aromatic carbocycles. The highest BCUT2D eigenvalue weighted by Gasteiger charge is 2.11. The Kier molecular flexibility index (Phi) is 3.56. The Morgan fingerprint density at radius 2 is 2.25 bits per heavy atom. The first kappa shape index (κ1) is 11.1. The lowest BCUT2D eigenvalue weighted by atomic mass is 10.3. The van der Waals surface area contributed by atoms with E-state index in [-0.39, 0.29) is 0 Å². The van der Waals surface area contributed by atoms with E-state index in [0.29, 0.717) is 11.5 Å². The molecule has 0 amide bonds. The third-order valence-electron chi connectivity index (χ3n) is 2.45. The van der Waals surface area contributed by atoms with Crippen molar-refractivity contribution in [3.8, 4) is 0 Å². The lowest BCUT2D eigenvalue weighted by molar-refractivity contribution is 0.783. The van der Waals surface area contributed by atoms with Crippen molar-refractivity contribution in [2.45, 2.75) is 13.3 Å². The number of aromatic amines is 1. The van der Waals surface area contributed by atoms with E-state index in [1.165, 1.54) is 0 Å². The maximum Gasteiger partial charge on any atom is 0.182 e. The summed E-state index contributed by atoms with van der Waals surface area (Å²) in [6, 6.07) is 0. The zero-order chi connectivity index (χ0) is 11.4. The molecule has 0 spiro atoms. The minimum Gasteiger partial charge on any atom is -0.355 e. The molecule has 86 valence electrons. The molecule has 2 heterocycles. The molecule has 0 aliphatic carbocycles. The fourth-order valence-corrected chi connectivity index (χ4v) is 1.78. The van der Waals surface area contributed by atoms with Crippen molar-refractivity contribution < 1.29 is 0 Å². The Morgan fingerprint density at radius 3 is 3.00 bits per heavy atom. The number of anilines is 1. The number of halogens is 1. The van der Waals surface area contributed by atoms with E-state index in [1.54, 1.807) is 12.7 Å². The Bertz CT molecular complexity index is 455. The number of alkyl halides is 1. The highest BCUT2D eigenvalue weighted by Crippen LogP contribution is 2.19. The number of hydrogen-bond donors (Lipinski definition) is 1. The van der Waals surface area contributed by atoms with Gasteiger partial charge in [-0.1, -0.05) is 0 Å². The van der Waals surface area contributed by atoms with Gasteiger partial charge in [0, 0.05) is 19.0 Å². The first-order valence-electron chi connectivity index (χ1n) is 5.31. The molecule has 6 heteroatoms. The van der Waals surface area contributed by atoms with Crippen molar-refractivity contribution >= 4 is 28.6 Å². The van der Waals surface area contributed by atoms with E-state index < -0.39 is 0 Å². The molecule has 0 radical (unpaired) electrons. The standard InChI is InChI=1S/C10H14ClN5/c1-2-16(5-3-4-11)10-8-9(13-6-12-8)14-7-15-10/h6-7H,2-5H2,1H3,(H,12,13,14,15). The Balaban J connectivity index is 2.32. The molecule has 0 unspecified atom stereocenters. The minimum atomic E-state index is 0.660. The molecule has 0 saturated heterocycles. The summed E-state index contributed by atoms with van der Waals surface area (Å²) in [6.07, 6.45) is 4.12. The molecular weight excluding hydrogens is 226 g/mol. The van der Waals surface area contributed by atoms with Gasteiger partial charge in [0.2, 0.25) is 0 Å². The number of imidazole rings is 1. The third kappa shape index (κ3) is 2.09. The highest BCUT2D eigenvalue weighted by molar-refractivity contribution is 6.17. The quantitative estimate of drug-likeness (QED) is 0.809. The van der Waals surface area contributed by atoms with Gasteiger partial charge in [0.25, 0.3) is 0 Å². The summed E-state index contributed by atoms with van der Waals surface area (Å²) in [6.45, 7) is 3.88. The second kappa shape index (κ2) is 5.12. The topological polar surface area (TPSA) is 57.7 Å². The van der Waals surface area contributed by atoms with Crippen LogP contribution < -0.4 is 4.90 Å². The van der Waals surface area contributed by atoms with E-state index in [1.807, 2.05) is 0 Å². The fraction of sp³-hybridized carbons (Fsp3) is 0.500. The molecule has 5 nitrogen and oxygen atoms in total. The fourth-order valence-electron chi connectivity index (χ4n) is 1.66. The van der Waals surface area contributed by atoms with Gasteiger partial charge in [-0.25, -0.2) is 15.0 Å². The van der Waals surface area contributed by atoms with E-state index in [4.69, 9.17) is 11.6 Å². The summed E-state index contributed by atoms with van der Waals surface area (Å²) in [5.41, 5.74) is 1.59. The Labute approximate surface area is 98.9 Å². The number of fused-ring (bicyclic) bond motifs is 1. The molecule has 2 aromatic heterocycles. The van der Waals surface area contributed by atoms with Gasteiger partial charge < -0.3 is 9.88 Å². The number of nitrogens with zero attached hydrogens (tertiary/aromatic N) is 4. The summed E-state index contributed by atoms with van der Waals surface area (Å²) in [4.78, 5) is 17.8. The van der Waals surface area contributed by atoms with Gasteiger partial charge >= 0.3 is 0 Å². The van der Waals surface area contributed by atoms with Crippen LogP contribution in [0.25, 0.3) is 11.2 Å². The van der Waals surface area contributed by atoms with Gasteiger partial charge in [-0.2, -0.15) is 0 Å². The molecule has 0 atom stereocenters. The SMILES string of the molecule is CCN(CCCCl)c1ncnc2nc[nH]c12. The maximum absolute atomic E-state index is 5.71. The van der Waals surface area contributed by atoms with Gasteiger partial charge in [-0.05, 0) is 13.3 Å². The molecule has 0 aliphatic rings. The van der Waals surface area contributed by atoms with Crippen LogP contribution in [-0.2, 0) is 0 Å². The summed E-state index contributed by atoms with van der Waals surface area (Å²) < 4.78 is 0. The molecular formula is C10H14ClN5. The molecule has 0 bridgehead atoms. The third-order valence-corrected chi connectivity index (χ3v) is 2.71. The van der Waals surface area contributed by atoms with Gasteiger partial charge in [0.15, 0.2) is 11.5 Å². The average Bonchev–Trinajstić information content (AvgIpc) is 2.78. The molecule has 2 aromatic rings. The molecule has 0 aliphatic heterocycles. The smallest absolute Gasteiger partial charge is 0.182 e. The van der Waals surface area contributed by atoms with Crippen LogP contribution in [-0.4, -0.2) is 38.9 Å². The molecule has 16 heavy (non-hydrogen) atoms. The lowest BCUT2D eigenvalue weighted by Crippen LogP contribution is -2.25. The van der Waals surface area contributed by atoms with E-state index in [2.05, 4.69) is 31.8 Å². The second-order valence-electron chi connectivity index (χ2n) is 3.42. The van der Waals surface area contributed by atoms with Crippen LogP contribution in [0.15, 0.2) is 12.7 Å². The van der Waals surface area contributed by atoms with Crippen molar-refractivity contribution in [2.24, 2.45) is 0 Å². The van der Waals surface area contributed by atoms with Gasteiger partial charge in [0.05, 0.1) is 6.33 Å². The second-order valence-corrected chi connectivity index (χ2v) is 3.80. The van der Waals surface area contributed by atoms with Crippen LogP contribution in [0.1, 0.15) is 13.3 Å². The van der Waals surface area contributed by atoms with Crippen molar-refractivity contribution in [3.63, 3.8) is 0 Å². The summed E-state index contributed by atoms with van der Waals surface area (Å²) in [5, 5.41) is 0. The van der Waals surface area contributed by atoms with E-state index in [0.717, 1.165) is 30.8 Å². The lowest BCUT2D eigenvalue weighted by Gasteiger charge is -2.21. The van der Waals surface area contributed by atoms with Crippen LogP contribution in [0.4, 0.5) is 5.82 Å². The molecule has 2 rings (SSSR count). The van der Waals surface area contributed by atoms with Crippen LogP contribution in [0, 0.1) is 0 Å². The first-order valence-corrected chi connectivity index (χ1v) is 5.85. The Hall–Kier alpha value is -1.36. The highest BCUT2D eigenvalue weighted by atomic mass is 35.5. The number of nitrogens with one attached hydrogen (secondary N) is 1.